The highest BCUT2D eigenvalue weighted by Gasteiger charge is 2.51. The van der Waals surface area contributed by atoms with Gasteiger partial charge in [0.05, 0.1) is 5.92 Å². The molecule has 4 unspecified atom stereocenters. The summed E-state index contributed by atoms with van der Waals surface area (Å²) in [5.41, 5.74) is 0.661. The van der Waals surface area contributed by atoms with Gasteiger partial charge >= 0.3 is 5.97 Å². The van der Waals surface area contributed by atoms with Gasteiger partial charge in [0.15, 0.2) is 0 Å². The number of phenolic OH excluding ortho intramolecular Hbond substituents is 1. The van der Waals surface area contributed by atoms with Crippen molar-refractivity contribution in [2.75, 3.05) is 0 Å². The minimum atomic E-state index is -0.738. The monoisotopic (exact) mass is 279 g/mol. The molecule has 0 spiro atoms. The van der Waals surface area contributed by atoms with Gasteiger partial charge in [0, 0.05) is 29.8 Å². The van der Waals surface area contributed by atoms with E-state index < -0.39 is 11.8 Å². The molecule has 2 bridgehead atoms. The van der Waals surface area contributed by atoms with Crippen LogP contribution in [0.5, 0.6) is 5.75 Å². The van der Waals surface area contributed by atoms with Crippen LogP contribution in [-0.4, -0.2) is 33.2 Å². The number of aliphatic carboxylic acids is 1. The Morgan fingerprint density at radius 2 is 2.20 bits per heavy atom. The lowest BCUT2D eigenvalue weighted by Gasteiger charge is -2.30. The number of nitrogens with zero attached hydrogens (tertiary/aromatic N) is 1. The van der Waals surface area contributed by atoms with Crippen LogP contribution in [0.2, 0.25) is 0 Å². The molecule has 4 nitrogen and oxygen atoms in total. The Morgan fingerprint density at radius 3 is 2.80 bits per heavy atom. The summed E-state index contributed by atoms with van der Waals surface area (Å²) in [5, 5.41) is 19.2. The van der Waals surface area contributed by atoms with Gasteiger partial charge in [-0.3, -0.25) is 9.69 Å². The smallest absolute Gasteiger partial charge is 0.308 e. The molecule has 0 radical (unpaired) electrons. The van der Waals surface area contributed by atoms with Crippen molar-refractivity contribution in [2.45, 2.75) is 44.3 Å². The summed E-state index contributed by atoms with van der Waals surface area (Å²) in [6.07, 6.45) is 2.56. The first-order valence-corrected chi connectivity index (χ1v) is 6.97. The SMILES string of the molecule is CC(c1ccc(F)cc1O)N1C2CCC1C(C(=O)O)C2. The molecular formula is C15H18FNO3. The van der Waals surface area contributed by atoms with Crippen LogP contribution in [-0.2, 0) is 4.79 Å². The molecule has 4 atom stereocenters. The van der Waals surface area contributed by atoms with E-state index in [1.165, 1.54) is 6.07 Å². The largest absolute Gasteiger partial charge is 0.508 e. The zero-order valence-electron chi connectivity index (χ0n) is 11.3. The van der Waals surface area contributed by atoms with Crippen LogP contribution in [0, 0.1) is 11.7 Å². The molecule has 108 valence electrons. The Hall–Kier alpha value is -1.62. The van der Waals surface area contributed by atoms with Gasteiger partial charge in [-0.05, 0) is 32.3 Å². The number of carbonyl (C=O) groups is 1. The second-order valence-corrected chi connectivity index (χ2v) is 5.81. The number of phenols is 1. The third-order valence-corrected chi connectivity index (χ3v) is 4.80. The third-order valence-electron chi connectivity index (χ3n) is 4.80. The average Bonchev–Trinajstić information content (AvgIpc) is 2.95. The van der Waals surface area contributed by atoms with Gasteiger partial charge in [-0.15, -0.1) is 0 Å². The summed E-state index contributed by atoms with van der Waals surface area (Å²) in [5.74, 6) is -1.58. The highest BCUT2D eigenvalue weighted by molar-refractivity contribution is 5.71. The number of aromatic hydroxyl groups is 1. The maximum Gasteiger partial charge on any atom is 0.308 e. The highest BCUT2D eigenvalue weighted by Crippen LogP contribution is 2.47. The second-order valence-electron chi connectivity index (χ2n) is 5.81. The number of carboxylic acid groups (broad SMARTS) is 1. The molecule has 20 heavy (non-hydrogen) atoms. The van der Waals surface area contributed by atoms with Gasteiger partial charge in [0.25, 0.3) is 0 Å². The van der Waals surface area contributed by atoms with Crippen LogP contribution < -0.4 is 0 Å². The lowest BCUT2D eigenvalue weighted by atomic mass is 9.89. The zero-order chi connectivity index (χ0) is 14.4. The Bertz CT molecular complexity index is 548. The van der Waals surface area contributed by atoms with Crippen LogP contribution in [0.3, 0.4) is 0 Å². The summed E-state index contributed by atoms with van der Waals surface area (Å²) < 4.78 is 13.1. The minimum Gasteiger partial charge on any atom is -0.508 e. The van der Waals surface area contributed by atoms with E-state index in [4.69, 9.17) is 0 Å². The lowest BCUT2D eigenvalue weighted by molar-refractivity contribution is -0.142. The fourth-order valence-electron chi connectivity index (χ4n) is 3.93. The van der Waals surface area contributed by atoms with Crippen LogP contribution in [0.15, 0.2) is 18.2 Å². The minimum absolute atomic E-state index is 0.0250. The van der Waals surface area contributed by atoms with Crippen LogP contribution in [0.1, 0.15) is 37.8 Å². The van der Waals surface area contributed by atoms with Crippen molar-refractivity contribution >= 4 is 5.97 Å². The van der Waals surface area contributed by atoms with Crippen molar-refractivity contribution in [1.82, 2.24) is 4.90 Å². The van der Waals surface area contributed by atoms with Crippen molar-refractivity contribution in [3.05, 3.63) is 29.6 Å². The molecule has 3 rings (SSSR count). The molecule has 0 aliphatic carbocycles. The predicted molar refractivity (Wildman–Crippen MR) is 70.9 cm³/mol. The topological polar surface area (TPSA) is 60.8 Å². The molecule has 5 heteroatoms. The Kier molecular flexibility index (Phi) is 3.17. The molecule has 2 N–H and O–H groups in total. The van der Waals surface area contributed by atoms with E-state index in [-0.39, 0.29) is 29.8 Å². The molecule has 0 amide bonds. The van der Waals surface area contributed by atoms with Crippen LogP contribution in [0.4, 0.5) is 4.39 Å². The molecule has 2 aliphatic rings. The van der Waals surface area contributed by atoms with Crippen molar-refractivity contribution in [3.8, 4) is 5.75 Å². The fourth-order valence-corrected chi connectivity index (χ4v) is 3.93. The summed E-state index contributed by atoms with van der Waals surface area (Å²) in [7, 11) is 0. The van der Waals surface area contributed by atoms with Gasteiger partial charge in [0.1, 0.15) is 11.6 Å². The number of rotatable bonds is 3. The average molecular weight is 279 g/mol. The molecule has 1 aromatic carbocycles. The van der Waals surface area contributed by atoms with Crippen molar-refractivity contribution in [2.24, 2.45) is 5.92 Å². The number of benzene rings is 1. The Labute approximate surface area is 116 Å². The molecule has 2 heterocycles. The van der Waals surface area contributed by atoms with E-state index in [9.17, 15) is 19.4 Å². The first-order valence-electron chi connectivity index (χ1n) is 6.97. The second kappa shape index (κ2) is 4.74. The predicted octanol–water partition coefficient (Wildman–Crippen LogP) is 2.53. The first-order chi connectivity index (χ1) is 9.49. The quantitative estimate of drug-likeness (QED) is 0.892. The molecular weight excluding hydrogens is 261 g/mol. The van der Waals surface area contributed by atoms with Crippen molar-refractivity contribution < 1.29 is 19.4 Å². The van der Waals surface area contributed by atoms with Crippen LogP contribution in [0.25, 0.3) is 0 Å². The van der Waals surface area contributed by atoms with E-state index in [0.29, 0.717) is 12.0 Å². The Balaban J connectivity index is 1.88. The molecule has 2 aliphatic heterocycles. The van der Waals surface area contributed by atoms with Gasteiger partial charge in [0.2, 0.25) is 0 Å². The molecule has 2 fully saturated rings. The number of halogens is 1. The standard InChI is InChI=1S/C15H18FNO3/c1-8(11-4-2-9(16)6-14(11)18)17-10-3-5-13(17)12(7-10)15(19)20/h2,4,6,8,10,12-13,18H,3,5,7H2,1H3,(H,19,20). The summed E-state index contributed by atoms with van der Waals surface area (Å²) in [6.45, 7) is 1.95. The van der Waals surface area contributed by atoms with Crippen molar-refractivity contribution in [1.29, 1.82) is 0 Å². The number of hydrogen-bond donors (Lipinski definition) is 2. The van der Waals surface area contributed by atoms with Crippen LogP contribution >= 0.6 is 0 Å². The third kappa shape index (κ3) is 1.97. The van der Waals surface area contributed by atoms with E-state index in [2.05, 4.69) is 4.90 Å². The highest BCUT2D eigenvalue weighted by atomic mass is 19.1. The summed E-state index contributed by atoms with van der Waals surface area (Å²) in [4.78, 5) is 13.5. The number of hydrogen-bond acceptors (Lipinski definition) is 3. The van der Waals surface area contributed by atoms with E-state index >= 15 is 0 Å². The van der Waals surface area contributed by atoms with E-state index in [1.807, 2.05) is 6.92 Å². The molecule has 0 saturated carbocycles. The molecule has 2 saturated heterocycles. The summed E-state index contributed by atoms with van der Waals surface area (Å²) in [6, 6.07) is 4.20. The maximum absolute atomic E-state index is 13.1. The van der Waals surface area contributed by atoms with Crippen molar-refractivity contribution in [3.63, 3.8) is 0 Å². The molecule has 0 aromatic heterocycles. The normalized spacial score (nSPS) is 30.6. The van der Waals surface area contributed by atoms with Gasteiger partial charge in [-0.2, -0.15) is 0 Å². The first kappa shape index (κ1) is 13.4. The fraction of sp³-hybridized carbons (Fsp3) is 0.533. The number of fused-ring (bicyclic) bond motifs is 2. The molecule has 1 aromatic rings. The maximum atomic E-state index is 13.1. The zero-order valence-corrected chi connectivity index (χ0v) is 11.3. The van der Waals surface area contributed by atoms with Gasteiger partial charge < -0.3 is 10.2 Å². The van der Waals surface area contributed by atoms with Gasteiger partial charge in [-0.25, -0.2) is 4.39 Å². The summed E-state index contributed by atoms with van der Waals surface area (Å²) >= 11 is 0. The Morgan fingerprint density at radius 1 is 1.45 bits per heavy atom. The van der Waals surface area contributed by atoms with E-state index in [0.717, 1.165) is 18.9 Å². The number of carboxylic acids is 1. The van der Waals surface area contributed by atoms with Gasteiger partial charge in [-0.1, -0.05) is 6.07 Å². The van der Waals surface area contributed by atoms with E-state index in [1.54, 1.807) is 6.07 Å². The lowest BCUT2D eigenvalue weighted by Crippen LogP contribution is -2.35.